The number of aromatic carboxylic acids is 1. The van der Waals surface area contributed by atoms with Crippen LogP contribution < -0.4 is 10.6 Å². The Morgan fingerprint density at radius 3 is 3.10 bits per heavy atom. The first kappa shape index (κ1) is 12.5. The van der Waals surface area contributed by atoms with E-state index in [1.54, 1.807) is 6.07 Å². The maximum Gasteiger partial charge on any atom is 0.335 e. The third-order valence-electron chi connectivity index (χ3n) is 3.22. The first-order valence-corrected chi connectivity index (χ1v) is 6.31. The van der Waals surface area contributed by atoms with E-state index in [0.29, 0.717) is 24.1 Å². The first-order chi connectivity index (χ1) is 9.63. The van der Waals surface area contributed by atoms with Crippen LogP contribution in [0.25, 0.3) is 11.1 Å². The topological polar surface area (TPSA) is 104 Å². The minimum Gasteiger partial charge on any atom is -0.478 e. The molecule has 1 saturated heterocycles. The lowest BCUT2D eigenvalue weighted by Crippen LogP contribution is -2.44. The molecule has 7 nitrogen and oxygen atoms in total. The molecule has 2 heterocycles. The van der Waals surface area contributed by atoms with Crippen molar-refractivity contribution in [3.05, 3.63) is 23.8 Å². The van der Waals surface area contributed by atoms with Crippen molar-refractivity contribution >= 4 is 29.0 Å². The average Bonchev–Trinajstić information content (AvgIpc) is 2.82. The Bertz CT molecular complexity index is 679. The van der Waals surface area contributed by atoms with Crippen LogP contribution in [0.1, 0.15) is 23.2 Å². The summed E-state index contributed by atoms with van der Waals surface area (Å²) in [6.07, 6.45) is 1.61. The van der Waals surface area contributed by atoms with Gasteiger partial charge in [0.15, 0.2) is 5.58 Å². The number of carbonyl (C=O) groups is 2. The van der Waals surface area contributed by atoms with Crippen molar-refractivity contribution in [1.82, 2.24) is 10.3 Å². The lowest BCUT2D eigenvalue weighted by atomic mass is 10.1. The van der Waals surface area contributed by atoms with Crippen LogP contribution >= 0.6 is 0 Å². The third-order valence-corrected chi connectivity index (χ3v) is 3.22. The van der Waals surface area contributed by atoms with Crippen molar-refractivity contribution in [3.8, 4) is 0 Å². The van der Waals surface area contributed by atoms with Gasteiger partial charge in [-0.15, -0.1) is 0 Å². The fraction of sp³-hybridized carbons (Fsp3) is 0.308. The number of aromatic nitrogens is 1. The number of benzene rings is 1. The molecule has 0 aliphatic carbocycles. The molecule has 20 heavy (non-hydrogen) atoms. The summed E-state index contributed by atoms with van der Waals surface area (Å²) in [5, 5.41) is 14.6. The Balaban J connectivity index is 1.85. The number of hydrogen-bond donors (Lipinski definition) is 3. The second kappa shape index (κ2) is 4.84. The Morgan fingerprint density at radius 1 is 1.50 bits per heavy atom. The number of carboxylic acids is 1. The largest absolute Gasteiger partial charge is 0.478 e. The van der Waals surface area contributed by atoms with E-state index in [1.807, 2.05) is 0 Å². The number of rotatable bonds is 3. The molecule has 0 bridgehead atoms. The van der Waals surface area contributed by atoms with E-state index >= 15 is 0 Å². The number of anilines is 1. The highest BCUT2D eigenvalue weighted by atomic mass is 16.4. The highest BCUT2D eigenvalue weighted by Gasteiger charge is 2.23. The number of fused-ring (bicyclic) bond motifs is 1. The van der Waals surface area contributed by atoms with Crippen LogP contribution in [0.3, 0.4) is 0 Å². The standard InChI is InChI=1S/C13H13N3O4/c17-11-9(2-1-5-14-11)16-13-15-8-4-3-7(12(18)19)6-10(8)20-13/h3-4,6,9H,1-2,5H2,(H,14,17)(H,15,16)(H,18,19). The van der Waals surface area contributed by atoms with Crippen LogP contribution in [0.4, 0.5) is 6.01 Å². The molecular weight excluding hydrogens is 262 g/mol. The Morgan fingerprint density at radius 2 is 2.35 bits per heavy atom. The second-order valence-electron chi connectivity index (χ2n) is 4.64. The quantitative estimate of drug-likeness (QED) is 0.778. The molecule has 0 spiro atoms. The molecule has 0 radical (unpaired) electrons. The maximum atomic E-state index is 11.6. The van der Waals surface area contributed by atoms with E-state index in [4.69, 9.17) is 9.52 Å². The smallest absolute Gasteiger partial charge is 0.335 e. The zero-order valence-corrected chi connectivity index (χ0v) is 10.5. The number of oxazole rings is 1. The Kier molecular flexibility index (Phi) is 3.02. The zero-order valence-electron chi connectivity index (χ0n) is 10.5. The zero-order chi connectivity index (χ0) is 14.1. The molecule has 1 aliphatic rings. The van der Waals surface area contributed by atoms with Gasteiger partial charge in [-0.1, -0.05) is 0 Å². The number of carbonyl (C=O) groups excluding carboxylic acids is 1. The van der Waals surface area contributed by atoms with E-state index in [1.165, 1.54) is 12.1 Å². The lowest BCUT2D eigenvalue weighted by molar-refractivity contribution is -0.123. The van der Waals surface area contributed by atoms with Gasteiger partial charge in [0.05, 0.1) is 5.56 Å². The lowest BCUT2D eigenvalue weighted by Gasteiger charge is -2.21. The first-order valence-electron chi connectivity index (χ1n) is 6.31. The highest BCUT2D eigenvalue weighted by molar-refractivity contribution is 5.92. The predicted octanol–water partition coefficient (Wildman–Crippen LogP) is 1.22. The second-order valence-corrected chi connectivity index (χ2v) is 4.64. The molecule has 1 aromatic carbocycles. The molecule has 1 fully saturated rings. The molecule has 3 N–H and O–H groups in total. The molecule has 3 rings (SSSR count). The molecule has 1 atom stereocenters. The Hall–Kier alpha value is -2.57. The van der Waals surface area contributed by atoms with Gasteiger partial charge in [-0.25, -0.2) is 4.79 Å². The minimum absolute atomic E-state index is 0.0790. The van der Waals surface area contributed by atoms with Crippen LogP contribution in [-0.2, 0) is 4.79 Å². The van der Waals surface area contributed by atoms with Crippen LogP contribution in [-0.4, -0.2) is 34.6 Å². The third kappa shape index (κ3) is 2.29. The Labute approximate surface area is 114 Å². The van der Waals surface area contributed by atoms with Gasteiger partial charge < -0.3 is 20.2 Å². The number of carboxylic acid groups (broad SMARTS) is 1. The molecule has 104 valence electrons. The number of nitrogens with one attached hydrogen (secondary N) is 2. The summed E-state index contributed by atoms with van der Waals surface area (Å²) in [5.74, 6) is -1.10. The van der Waals surface area contributed by atoms with Gasteiger partial charge in [0.2, 0.25) is 5.91 Å². The minimum atomic E-state index is -1.02. The fourth-order valence-corrected chi connectivity index (χ4v) is 2.18. The van der Waals surface area contributed by atoms with E-state index < -0.39 is 5.97 Å². The number of nitrogens with zero attached hydrogens (tertiary/aromatic N) is 1. The van der Waals surface area contributed by atoms with E-state index in [0.717, 1.165) is 6.42 Å². The monoisotopic (exact) mass is 275 g/mol. The molecule has 1 amide bonds. The maximum absolute atomic E-state index is 11.6. The fourth-order valence-electron chi connectivity index (χ4n) is 2.18. The van der Waals surface area contributed by atoms with Crippen LogP contribution in [0, 0.1) is 0 Å². The number of hydrogen-bond acceptors (Lipinski definition) is 5. The summed E-state index contributed by atoms with van der Waals surface area (Å²) in [6.45, 7) is 0.687. The van der Waals surface area contributed by atoms with Gasteiger partial charge in [0.25, 0.3) is 6.01 Å². The van der Waals surface area contributed by atoms with Crippen molar-refractivity contribution < 1.29 is 19.1 Å². The van der Waals surface area contributed by atoms with Crippen LogP contribution in [0.2, 0.25) is 0 Å². The average molecular weight is 275 g/mol. The van der Waals surface area contributed by atoms with Gasteiger partial charge in [-0.2, -0.15) is 4.98 Å². The van der Waals surface area contributed by atoms with Gasteiger partial charge in [-0.05, 0) is 31.0 Å². The summed E-state index contributed by atoms with van der Waals surface area (Å²) in [5.41, 5.74) is 1.06. The van der Waals surface area contributed by atoms with Gasteiger partial charge in [0.1, 0.15) is 11.6 Å². The molecule has 7 heteroatoms. The summed E-state index contributed by atoms with van der Waals surface area (Å²) < 4.78 is 5.44. The SMILES string of the molecule is O=C(O)c1ccc2nc(NC3CCCNC3=O)oc2c1. The van der Waals surface area contributed by atoms with E-state index in [9.17, 15) is 9.59 Å². The summed E-state index contributed by atoms with van der Waals surface area (Å²) in [7, 11) is 0. The molecule has 0 saturated carbocycles. The van der Waals surface area contributed by atoms with Crippen molar-refractivity contribution in [2.45, 2.75) is 18.9 Å². The van der Waals surface area contributed by atoms with Crippen LogP contribution in [0.15, 0.2) is 22.6 Å². The predicted molar refractivity (Wildman–Crippen MR) is 70.6 cm³/mol. The molecule has 1 unspecified atom stereocenters. The van der Waals surface area contributed by atoms with Crippen molar-refractivity contribution in [2.75, 3.05) is 11.9 Å². The van der Waals surface area contributed by atoms with Crippen molar-refractivity contribution in [1.29, 1.82) is 0 Å². The van der Waals surface area contributed by atoms with Crippen molar-refractivity contribution in [2.24, 2.45) is 0 Å². The highest BCUT2D eigenvalue weighted by Crippen LogP contribution is 2.21. The summed E-state index contributed by atoms with van der Waals surface area (Å²) in [6, 6.07) is 4.32. The molecule has 1 aliphatic heterocycles. The van der Waals surface area contributed by atoms with Crippen molar-refractivity contribution in [3.63, 3.8) is 0 Å². The van der Waals surface area contributed by atoms with E-state index in [-0.39, 0.29) is 23.5 Å². The summed E-state index contributed by atoms with van der Waals surface area (Å²) in [4.78, 5) is 26.7. The van der Waals surface area contributed by atoms with E-state index in [2.05, 4.69) is 15.6 Å². The van der Waals surface area contributed by atoms with Gasteiger partial charge in [-0.3, -0.25) is 4.79 Å². The van der Waals surface area contributed by atoms with Gasteiger partial charge in [0, 0.05) is 6.54 Å². The normalized spacial score (nSPS) is 18.8. The molecule has 1 aromatic heterocycles. The number of amides is 1. The number of piperidine rings is 1. The van der Waals surface area contributed by atoms with Gasteiger partial charge >= 0.3 is 5.97 Å². The summed E-state index contributed by atoms with van der Waals surface area (Å²) >= 11 is 0. The molecule has 2 aromatic rings. The molecular formula is C13H13N3O4. The van der Waals surface area contributed by atoms with Crippen LogP contribution in [0.5, 0.6) is 0 Å².